The van der Waals surface area contributed by atoms with E-state index in [0.717, 1.165) is 44.2 Å². The minimum Gasteiger partial charge on any atom is -0.497 e. The molecule has 1 aromatic heterocycles. The first-order valence-corrected chi connectivity index (χ1v) is 11.6. The zero-order chi connectivity index (χ0) is 27.6. The summed E-state index contributed by atoms with van der Waals surface area (Å²) >= 11 is 0. The fourth-order valence-corrected chi connectivity index (χ4v) is 3.90. The van der Waals surface area contributed by atoms with E-state index in [-0.39, 0.29) is 0 Å². The second-order valence-electron chi connectivity index (χ2n) is 8.69. The summed E-state index contributed by atoms with van der Waals surface area (Å²) < 4.78 is 7.04. The lowest BCUT2D eigenvalue weighted by Gasteiger charge is -2.23. The van der Waals surface area contributed by atoms with Crippen molar-refractivity contribution in [3.05, 3.63) is 48.3 Å². The number of ether oxygens (including phenoxy) is 1. The minimum absolute atomic E-state index is 0.907. The maximum absolute atomic E-state index is 10.3. The lowest BCUT2D eigenvalue weighted by molar-refractivity contribution is -0.170. The lowest BCUT2D eigenvalue weighted by atomic mass is 9.96. The zero-order valence-electron chi connectivity index (χ0n) is 21.0. The molecule has 4 N–H and O–H groups in total. The van der Waals surface area contributed by atoms with Crippen LogP contribution in [-0.4, -0.2) is 91.9 Å². The molecule has 0 unspecified atom stereocenters. The molecule has 0 radical (unpaired) electrons. The number of hydrogen-bond donors (Lipinski definition) is 4. The van der Waals surface area contributed by atoms with Gasteiger partial charge in [-0.3, -0.25) is 14.5 Å². The topological polar surface area (TPSA) is 166 Å². The molecule has 12 nitrogen and oxygen atoms in total. The van der Waals surface area contributed by atoms with Gasteiger partial charge in [0, 0.05) is 56.4 Å². The van der Waals surface area contributed by atoms with E-state index in [1.807, 2.05) is 12.1 Å². The van der Waals surface area contributed by atoms with E-state index in [1.165, 1.54) is 17.7 Å². The van der Waals surface area contributed by atoms with E-state index in [4.69, 9.17) is 25.2 Å². The van der Waals surface area contributed by atoms with Crippen molar-refractivity contribution in [3.63, 3.8) is 0 Å². The van der Waals surface area contributed by atoms with E-state index in [2.05, 4.69) is 46.7 Å². The summed E-state index contributed by atoms with van der Waals surface area (Å²) in [5.41, 5.74) is 0.907. The van der Waals surface area contributed by atoms with Gasteiger partial charge in [-0.05, 0) is 37.6 Å². The molecule has 3 rings (SSSR count). The molecule has 1 saturated heterocycles. The third-order valence-electron chi connectivity index (χ3n) is 5.91. The second kappa shape index (κ2) is 13.4. The van der Waals surface area contributed by atoms with Gasteiger partial charge in [-0.2, -0.15) is 5.10 Å². The minimum atomic E-state index is -2.74. The van der Waals surface area contributed by atoms with Crippen LogP contribution >= 0.6 is 0 Å². The van der Waals surface area contributed by atoms with Gasteiger partial charge in [0.15, 0.2) is 5.60 Å². The number of carboxylic acid groups (broad SMARTS) is 3. The van der Waals surface area contributed by atoms with Gasteiger partial charge in [0.1, 0.15) is 5.75 Å². The number of carbonyl (C=O) groups is 3. The molecular weight excluding hydrogens is 484 g/mol. The molecular formula is C25H34N4O8. The van der Waals surface area contributed by atoms with Gasteiger partial charge >= 0.3 is 17.9 Å². The highest BCUT2D eigenvalue weighted by Crippen LogP contribution is 2.21. The smallest absolute Gasteiger partial charge is 0.336 e. The standard InChI is InChI=1S/C19H26N4O.C6H8O7/c1-4-23-15-17(16(2)20-23)14-21-10-5-11-22(13-12-21)18-6-8-19(24-3)9-7-18;7-3(8)1-6(13,5(11)12)2-4(9)10/h4,6-9,15H,1,5,10-14H2,2-3H3;13H,1-2H2,(H,7,8)(H,9,10)(H,11,12). The number of aliphatic carboxylic acids is 3. The molecule has 202 valence electrons. The van der Waals surface area contributed by atoms with Gasteiger partial charge in [0.2, 0.25) is 0 Å². The Kier molecular flexibility index (Phi) is 10.6. The largest absolute Gasteiger partial charge is 0.497 e. The van der Waals surface area contributed by atoms with Crippen molar-refractivity contribution < 1.29 is 39.5 Å². The van der Waals surface area contributed by atoms with Crippen LogP contribution in [0, 0.1) is 6.92 Å². The van der Waals surface area contributed by atoms with Crippen molar-refractivity contribution >= 4 is 29.8 Å². The molecule has 2 aromatic rings. The Hall–Kier alpha value is -3.90. The predicted molar refractivity (Wildman–Crippen MR) is 136 cm³/mol. The third-order valence-corrected chi connectivity index (χ3v) is 5.91. The van der Waals surface area contributed by atoms with Crippen LogP contribution in [0.25, 0.3) is 6.20 Å². The molecule has 1 aliphatic heterocycles. The number of aryl methyl sites for hydroxylation is 1. The molecule has 1 aliphatic rings. The van der Waals surface area contributed by atoms with Gasteiger partial charge in [0.05, 0.1) is 25.6 Å². The van der Waals surface area contributed by atoms with Crippen LogP contribution in [-0.2, 0) is 20.9 Å². The van der Waals surface area contributed by atoms with E-state index in [1.54, 1.807) is 18.0 Å². The lowest BCUT2D eigenvalue weighted by Crippen LogP contribution is -2.42. The molecule has 37 heavy (non-hydrogen) atoms. The van der Waals surface area contributed by atoms with Crippen LogP contribution in [0.5, 0.6) is 5.75 Å². The third kappa shape index (κ3) is 8.92. The number of anilines is 1. The van der Waals surface area contributed by atoms with Gasteiger partial charge in [-0.1, -0.05) is 6.58 Å². The van der Waals surface area contributed by atoms with Crippen LogP contribution in [0.3, 0.4) is 0 Å². The number of carboxylic acids is 3. The predicted octanol–water partition coefficient (Wildman–Crippen LogP) is 1.76. The molecule has 2 heterocycles. The second-order valence-corrected chi connectivity index (χ2v) is 8.69. The van der Waals surface area contributed by atoms with Crippen molar-refractivity contribution in [2.75, 3.05) is 38.2 Å². The molecule has 0 atom stereocenters. The Bertz CT molecular complexity index is 1070. The Morgan fingerprint density at radius 2 is 1.68 bits per heavy atom. The summed E-state index contributed by atoms with van der Waals surface area (Å²) in [6, 6.07) is 8.36. The van der Waals surface area contributed by atoms with Gasteiger partial charge in [0.25, 0.3) is 0 Å². The van der Waals surface area contributed by atoms with Crippen LogP contribution in [0.1, 0.15) is 30.5 Å². The fraction of sp³-hybridized carbons (Fsp3) is 0.440. The fourth-order valence-electron chi connectivity index (χ4n) is 3.90. The Balaban J connectivity index is 0.000000317. The summed E-state index contributed by atoms with van der Waals surface area (Å²) in [5.74, 6) is -4.11. The van der Waals surface area contributed by atoms with Gasteiger partial charge in [-0.15, -0.1) is 0 Å². The number of hydrogen-bond acceptors (Lipinski definition) is 8. The van der Waals surface area contributed by atoms with Crippen molar-refractivity contribution in [1.82, 2.24) is 14.7 Å². The molecule has 0 bridgehead atoms. The average molecular weight is 519 g/mol. The quantitative estimate of drug-likeness (QED) is 0.362. The summed E-state index contributed by atoms with van der Waals surface area (Å²) in [4.78, 5) is 35.5. The van der Waals surface area contributed by atoms with Crippen LogP contribution in [0.2, 0.25) is 0 Å². The SMILES string of the molecule is C=Cn1cc(CN2CCCN(c3ccc(OC)cc3)CC2)c(C)n1.O=C(O)CC(O)(CC(=O)O)C(=O)O. The first-order valence-electron chi connectivity index (χ1n) is 11.6. The van der Waals surface area contributed by atoms with Crippen molar-refractivity contribution in [2.45, 2.75) is 38.3 Å². The first kappa shape index (κ1) is 29.3. The molecule has 0 spiro atoms. The Morgan fingerprint density at radius 3 is 2.16 bits per heavy atom. The number of nitrogens with zero attached hydrogens (tertiary/aromatic N) is 4. The highest BCUT2D eigenvalue weighted by Gasteiger charge is 2.40. The van der Waals surface area contributed by atoms with Crippen molar-refractivity contribution in [2.24, 2.45) is 0 Å². The average Bonchev–Trinajstić information content (AvgIpc) is 3.03. The molecule has 0 aliphatic carbocycles. The normalized spacial score (nSPS) is 14.2. The molecule has 0 saturated carbocycles. The van der Waals surface area contributed by atoms with Gasteiger partial charge in [-0.25, -0.2) is 9.48 Å². The number of aliphatic hydroxyl groups is 1. The maximum atomic E-state index is 10.3. The highest BCUT2D eigenvalue weighted by atomic mass is 16.5. The monoisotopic (exact) mass is 518 g/mol. The Morgan fingerprint density at radius 1 is 1.05 bits per heavy atom. The molecule has 12 heteroatoms. The zero-order valence-corrected chi connectivity index (χ0v) is 21.0. The summed E-state index contributed by atoms with van der Waals surface area (Å²) in [5, 5.41) is 38.3. The van der Waals surface area contributed by atoms with E-state index in [0.29, 0.717) is 0 Å². The summed E-state index contributed by atoms with van der Waals surface area (Å²) in [6.45, 7) is 11.1. The van der Waals surface area contributed by atoms with Crippen molar-refractivity contribution in [1.29, 1.82) is 0 Å². The van der Waals surface area contributed by atoms with E-state index < -0.39 is 36.4 Å². The Labute approximate surface area is 215 Å². The highest BCUT2D eigenvalue weighted by molar-refractivity contribution is 5.88. The number of aromatic nitrogens is 2. The van der Waals surface area contributed by atoms with Gasteiger partial charge < -0.3 is 30.1 Å². The summed E-state index contributed by atoms with van der Waals surface area (Å²) in [6.07, 6.45) is 2.70. The maximum Gasteiger partial charge on any atom is 0.336 e. The number of rotatable bonds is 10. The van der Waals surface area contributed by atoms with E-state index in [9.17, 15) is 14.4 Å². The molecule has 0 amide bonds. The van der Waals surface area contributed by atoms with Crippen LogP contribution < -0.4 is 9.64 Å². The van der Waals surface area contributed by atoms with Crippen molar-refractivity contribution in [3.8, 4) is 5.75 Å². The van der Waals surface area contributed by atoms with E-state index >= 15 is 0 Å². The number of benzene rings is 1. The first-order chi connectivity index (χ1) is 17.5. The number of methoxy groups -OCH3 is 1. The molecule has 1 fully saturated rings. The van der Waals surface area contributed by atoms with Crippen LogP contribution in [0.4, 0.5) is 5.69 Å². The molecule has 1 aromatic carbocycles. The van der Waals surface area contributed by atoms with Crippen LogP contribution in [0.15, 0.2) is 37.0 Å². The summed E-state index contributed by atoms with van der Waals surface area (Å²) in [7, 11) is 1.70.